The highest BCUT2D eigenvalue weighted by Gasteiger charge is 2.23. The van der Waals surface area contributed by atoms with E-state index in [0.29, 0.717) is 24.3 Å². The van der Waals surface area contributed by atoms with Crippen molar-refractivity contribution in [1.82, 2.24) is 10.2 Å². The number of benzene rings is 1. The Kier molecular flexibility index (Phi) is 6.92. The lowest BCUT2D eigenvalue weighted by Crippen LogP contribution is -2.36. The quantitative estimate of drug-likeness (QED) is 0.731. The van der Waals surface area contributed by atoms with Crippen molar-refractivity contribution in [2.75, 3.05) is 43.9 Å². The molecule has 5 nitrogen and oxygen atoms in total. The summed E-state index contributed by atoms with van der Waals surface area (Å²) in [4.78, 5) is 15.0. The number of nitrogens with zero attached hydrogens (tertiary/aromatic N) is 1. The van der Waals surface area contributed by atoms with Crippen LogP contribution in [0.3, 0.4) is 0 Å². The normalized spacial score (nSPS) is 21.3. The molecule has 1 aromatic rings. The molecular formula is C21H34N4O. The van der Waals surface area contributed by atoms with Crippen molar-refractivity contribution in [1.29, 1.82) is 0 Å². The number of anilines is 2. The number of rotatable bonds is 6. The fourth-order valence-corrected chi connectivity index (χ4v) is 4.16. The second kappa shape index (κ2) is 9.38. The first-order chi connectivity index (χ1) is 12.6. The molecule has 3 N–H and O–H groups in total. The summed E-state index contributed by atoms with van der Waals surface area (Å²) >= 11 is 0. The maximum absolute atomic E-state index is 12.6. The van der Waals surface area contributed by atoms with E-state index in [0.717, 1.165) is 50.4 Å². The van der Waals surface area contributed by atoms with Gasteiger partial charge in [0, 0.05) is 12.5 Å². The molecule has 1 amide bonds. The third-order valence-corrected chi connectivity index (χ3v) is 5.98. The molecule has 5 heteroatoms. The van der Waals surface area contributed by atoms with Crippen LogP contribution in [0.2, 0.25) is 0 Å². The Morgan fingerprint density at radius 2 is 1.81 bits per heavy atom. The molecular weight excluding hydrogens is 324 g/mol. The molecule has 1 atom stereocenters. The Labute approximate surface area is 157 Å². The number of hydrogen-bond donors (Lipinski definition) is 3. The first-order valence-electron chi connectivity index (χ1n) is 10.2. The highest BCUT2D eigenvalue weighted by Crippen LogP contribution is 2.27. The van der Waals surface area contributed by atoms with Crippen LogP contribution in [-0.4, -0.2) is 50.1 Å². The first kappa shape index (κ1) is 19.2. The summed E-state index contributed by atoms with van der Waals surface area (Å²) < 4.78 is 0. The van der Waals surface area contributed by atoms with Crippen molar-refractivity contribution in [3.8, 4) is 0 Å². The number of para-hydroxylation sites is 2. The molecule has 3 rings (SSSR count). The van der Waals surface area contributed by atoms with Crippen LogP contribution in [0, 0.1) is 11.8 Å². The second-order valence-corrected chi connectivity index (χ2v) is 8.08. The largest absolute Gasteiger partial charge is 0.381 e. The summed E-state index contributed by atoms with van der Waals surface area (Å²) in [6.07, 6.45) is 5.26. The summed E-state index contributed by atoms with van der Waals surface area (Å²) in [5.74, 6) is 1.23. The summed E-state index contributed by atoms with van der Waals surface area (Å²) in [5, 5.41) is 10.2. The summed E-state index contributed by atoms with van der Waals surface area (Å²) in [6.45, 7) is 6.64. The minimum atomic E-state index is 0.133. The number of piperidine rings is 2. The molecule has 0 aromatic heterocycles. The van der Waals surface area contributed by atoms with E-state index in [4.69, 9.17) is 0 Å². The molecule has 0 saturated carbocycles. The number of carbonyl (C=O) groups excluding carboxylic acids is 1. The third kappa shape index (κ3) is 5.45. The third-order valence-electron chi connectivity index (χ3n) is 5.98. The van der Waals surface area contributed by atoms with Crippen molar-refractivity contribution in [2.24, 2.45) is 11.8 Å². The minimum Gasteiger partial charge on any atom is -0.381 e. The Bertz CT molecular complexity index is 577. The molecule has 2 saturated heterocycles. The Morgan fingerprint density at radius 1 is 1.15 bits per heavy atom. The predicted molar refractivity (Wildman–Crippen MR) is 109 cm³/mol. The van der Waals surface area contributed by atoms with Gasteiger partial charge in [-0.2, -0.15) is 0 Å². The summed E-state index contributed by atoms with van der Waals surface area (Å²) in [6, 6.07) is 8.59. The van der Waals surface area contributed by atoms with Gasteiger partial charge in [0.25, 0.3) is 0 Å². The van der Waals surface area contributed by atoms with Gasteiger partial charge in [-0.1, -0.05) is 19.1 Å². The van der Waals surface area contributed by atoms with E-state index in [-0.39, 0.29) is 5.91 Å². The SMILES string of the molecule is CC(CC(=O)Nc1ccccc1NC1CCN(C)CC1)C1CCNCC1. The number of amides is 1. The van der Waals surface area contributed by atoms with Crippen LogP contribution >= 0.6 is 0 Å². The smallest absolute Gasteiger partial charge is 0.224 e. The Morgan fingerprint density at radius 3 is 2.50 bits per heavy atom. The van der Waals surface area contributed by atoms with Gasteiger partial charge >= 0.3 is 0 Å². The molecule has 0 bridgehead atoms. The minimum absolute atomic E-state index is 0.133. The van der Waals surface area contributed by atoms with Gasteiger partial charge in [0.05, 0.1) is 11.4 Å². The number of carbonyl (C=O) groups is 1. The standard InChI is InChI=1S/C21H34N4O/c1-16(17-7-11-22-12-8-17)15-21(26)24-20-6-4-3-5-19(20)23-18-9-13-25(2)14-10-18/h3-6,16-18,22-23H,7-15H2,1-2H3,(H,24,26). The van der Waals surface area contributed by atoms with Crippen LogP contribution in [0.25, 0.3) is 0 Å². The van der Waals surface area contributed by atoms with Crippen molar-refractivity contribution < 1.29 is 4.79 Å². The number of nitrogens with one attached hydrogen (secondary N) is 3. The van der Waals surface area contributed by atoms with Crippen LogP contribution in [0.4, 0.5) is 11.4 Å². The Balaban J connectivity index is 1.54. The fraction of sp³-hybridized carbons (Fsp3) is 0.667. The van der Waals surface area contributed by atoms with Gasteiger partial charge in [-0.25, -0.2) is 0 Å². The molecule has 0 radical (unpaired) electrons. The molecule has 2 aliphatic rings. The monoisotopic (exact) mass is 358 g/mol. The zero-order chi connectivity index (χ0) is 18.4. The maximum Gasteiger partial charge on any atom is 0.224 e. The second-order valence-electron chi connectivity index (χ2n) is 8.08. The van der Waals surface area contributed by atoms with Gasteiger partial charge in [0.1, 0.15) is 0 Å². The molecule has 0 aliphatic carbocycles. The van der Waals surface area contributed by atoms with E-state index in [1.165, 1.54) is 12.8 Å². The zero-order valence-corrected chi connectivity index (χ0v) is 16.3. The average Bonchev–Trinajstić information content (AvgIpc) is 2.66. The zero-order valence-electron chi connectivity index (χ0n) is 16.3. The first-order valence-corrected chi connectivity index (χ1v) is 10.2. The lowest BCUT2D eigenvalue weighted by Gasteiger charge is -2.31. The van der Waals surface area contributed by atoms with Crippen LogP contribution in [0.5, 0.6) is 0 Å². The Hall–Kier alpha value is -1.59. The van der Waals surface area contributed by atoms with Crippen LogP contribution in [0.15, 0.2) is 24.3 Å². The molecule has 26 heavy (non-hydrogen) atoms. The van der Waals surface area contributed by atoms with Crippen LogP contribution in [-0.2, 0) is 4.79 Å². The van der Waals surface area contributed by atoms with E-state index in [9.17, 15) is 4.79 Å². The highest BCUT2D eigenvalue weighted by molar-refractivity contribution is 5.94. The van der Waals surface area contributed by atoms with Gasteiger partial charge in [0.15, 0.2) is 0 Å². The van der Waals surface area contributed by atoms with Crippen LogP contribution < -0.4 is 16.0 Å². The molecule has 2 heterocycles. The van der Waals surface area contributed by atoms with Gasteiger partial charge < -0.3 is 20.9 Å². The molecule has 1 aromatic carbocycles. The number of likely N-dealkylation sites (tertiary alicyclic amines) is 1. The highest BCUT2D eigenvalue weighted by atomic mass is 16.1. The van der Waals surface area contributed by atoms with E-state index < -0.39 is 0 Å². The average molecular weight is 359 g/mol. The molecule has 1 unspecified atom stereocenters. The van der Waals surface area contributed by atoms with Gasteiger partial charge in [-0.05, 0) is 82.9 Å². The molecule has 0 spiro atoms. The van der Waals surface area contributed by atoms with E-state index in [2.05, 4.69) is 40.9 Å². The summed E-state index contributed by atoms with van der Waals surface area (Å²) in [7, 11) is 2.17. The van der Waals surface area contributed by atoms with E-state index in [1.807, 2.05) is 18.2 Å². The van der Waals surface area contributed by atoms with Crippen molar-refractivity contribution >= 4 is 17.3 Å². The van der Waals surface area contributed by atoms with Gasteiger partial charge in [-0.15, -0.1) is 0 Å². The van der Waals surface area contributed by atoms with E-state index in [1.54, 1.807) is 0 Å². The van der Waals surface area contributed by atoms with Gasteiger partial charge in [0.2, 0.25) is 5.91 Å². The van der Waals surface area contributed by atoms with Crippen molar-refractivity contribution in [3.05, 3.63) is 24.3 Å². The van der Waals surface area contributed by atoms with Crippen LogP contribution in [0.1, 0.15) is 39.0 Å². The van der Waals surface area contributed by atoms with Gasteiger partial charge in [-0.3, -0.25) is 4.79 Å². The fourth-order valence-electron chi connectivity index (χ4n) is 4.16. The molecule has 2 fully saturated rings. The lowest BCUT2D eigenvalue weighted by molar-refractivity contribution is -0.117. The lowest BCUT2D eigenvalue weighted by atomic mass is 9.84. The molecule has 2 aliphatic heterocycles. The topological polar surface area (TPSA) is 56.4 Å². The summed E-state index contributed by atoms with van der Waals surface area (Å²) in [5.41, 5.74) is 1.96. The predicted octanol–water partition coefficient (Wildman–Crippen LogP) is 3.16. The molecule has 144 valence electrons. The maximum atomic E-state index is 12.6. The number of hydrogen-bond acceptors (Lipinski definition) is 4. The van der Waals surface area contributed by atoms with Crippen molar-refractivity contribution in [2.45, 2.75) is 45.1 Å². The van der Waals surface area contributed by atoms with E-state index >= 15 is 0 Å². The van der Waals surface area contributed by atoms with Crippen molar-refractivity contribution in [3.63, 3.8) is 0 Å².